The zero-order chi connectivity index (χ0) is 12.1. The molecule has 0 unspecified atom stereocenters. The van der Waals surface area contributed by atoms with Crippen LogP contribution in [-0.2, 0) is 6.54 Å². The van der Waals surface area contributed by atoms with Crippen molar-refractivity contribution in [3.05, 3.63) is 35.3 Å². The number of nitrogens with zero attached hydrogens (tertiary/aromatic N) is 1. The molecule has 0 saturated carbocycles. The molecule has 0 atom stereocenters. The van der Waals surface area contributed by atoms with Crippen LogP contribution in [0.3, 0.4) is 0 Å². The monoisotopic (exact) mass is 264 g/mol. The Hall–Kier alpha value is -0.840. The van der Waals surface area contributed by atoms with Crippen molar-refractivity contribution < 1.29 is 0 Å². The van der Waals surface area contributed by atoms with Gasteiger partial charge in [-0.05, 0) is 24.9 Å². The summed E-state index contributed by atoms with van der Waals surface area (Å²) >= 11 is 3.61. The van der Waals surface area contributed by atoms with Crippen LogP contribution < -0.4 is 5.32 Å². The van der Waals surface area contributed by atoms with Crippen molar-refractivity contribution in [2.75, 3.05) is 12.8 Å². The lowest BCUT2D eigenvalue weighted by atomic mass is 10.2. The zero-order valence-electron chi connectivity index (χ0n) is 10.1. The molecule has 2 rings (SSSR count). The van der Waals surface area contributed by atoms with Gasteiger partial charge in [0.2, 0.25) is 0 Å². The van der Waals surface area contributed by atoms with Crippen molar-refractivity contribution in [2.45, 2.75) is 18.4 Å². The Morgan fingerprint density at radius 2 is 2.06 bits per heavy atom. The van der Waals surface area contributed by atoms with Crippen LogP contribution in [0.2, 0.25) is 0 Å². The second-order valence-electron chi connectivity index (χ2n) is 3.62. The maximum absolute atomic E-state index is 4.45. The standard InChI is InChI=1S/C13H16N2S2/c1-3-16-11-6-4-10(5-7-11)13-15-9-12(17-13)8-14-2/h4-7,9,14H,3,8H2,1-2H3. The smallest absolute Gasteiger partial charge is 0.123 e. The average Bonchev–Trinajstić information content (AvgIpc) is 2.80. The topological polar surface area (TPSA) is 24.9 Å². The third-order valence-electron chi connectivity index (χ3n) is 2.32. The van der Waals surface area contributed by atoms with Gasteiger partial charge < -0.3 is 5.32 Å². The Balaban J connectivity index is 2.15. The van der Waals surface area contributed by atoms with Crippen LogP contribution in [-0.4, -0.2) is 17.8 Å². The van der Waals surface area contributed by atoms with Gasteiger partial charge in [-0.2, -0.15) is 0 Å². The van der Waals surface area contributed by atoms with Gasteiger partial charge in [-0.15, -0.1) is 23.1 Å². The minimum Gasteiger partial charge on any atom is -0.315 e. The summed E-state index contributed by atoms with van der Waals surface area (Å²) in [7, 11) is 1.95. The van der Waals surface area contributed by atoms with Crippen molar-refractivity contribution in [1.29, 1.82) is 0 Å². The zero-order valence-corrected chi connectivity index (χ0v) is 11.7. The van der Waals surface area contributed by atoms with Crippen molar-refractivity contribution in [3.8, 4) is 10.6 Å². The highest BCUT2D eigenvalue weighted by molar-refractivity contribution is 7.99. The lowest BCUT2D eigenvalue weighted by Crippen LogP contribution is -2.02. The summed E-state index contributed by atoms with van der Waals surface area (Å²) in [5.74, 6) is 1.11. The van der Waals surface area contributed by atoms with Crippen molar-refractivity contribution in [3.63, 3.8) is 0 Å². The molecule has 1 aromatic heterocycles. The summed E-state index contributed by atoms with van der Waals surface area (Å²) < 4.78 is 0. The van der Waals surface area contributed by atoms with E-state index in [4.69, 9.17) is 0 Å². The molecular weight excluding hydrogens is 248 g/mol. The van der Waals surface area contributed by atoms with Gasteiger partial charge in [-0.3, -0.25) is 0 Å². The molecule has 4 heteroatoms. The highest BCUT2D eigenvalue weighted by atomic mass is 32.2. The lowest BCUT2D eigenvalue weighted by Gasteiger charge is -2.00. The van der Waals surface area contributed by atoms with Gasteiger partial charge in [-0.25, -0.2) is 4.98 Å². The summed E-state index contributed by atoms with van der Waals surface area (Å²) in [6.07, 6.45) is 1.95. The van der Waals surface area contributed by atoms with E-state index in [1.165, 1.54) is 15.3 Å². The molecule has 0 aliphatic carbocycles. The molecule has 0 bridgehead atoms. The van der Waals surface area contributed by atoms with Gasteiger partial charge in [0, 0.05) is 28.1 Å². The van der Waals surface area contributed by atoms with Crippen LogP contribution in [0.4, 0.5) is 0 Å². The molecule has 0 radical (unpaired) electrons. The van der Waals surface area contributed by atoms with Crippen LogP contribution in [0, 0.1) is 0 Å². The molecule has 2 nitrogen and oxygen atoms in total. The van der Waals surface area contributed by atoms with Crippen LogP contribution in [0.15, 0.2) is 35.4 Å². The number of rotatable bonds is 5. The van der Waals surface area contributed by atoms with E-state index in [9.17, 15) is 0 Å². The highest BCUT2D eigenvalue weighted by Gasteiger charge is 2.04. The minimum atomic E-state index is 0.890. The fourth-order valence-electron chi connectivity index (χ4n) is 1.56. The van der Waals surface area contributed by atoms with Crippen molar-refractivity contribution in [2.24, 2.45) is 0 Å². The van der Waals surface area contributed by atoms with Gasteiger partial charge >= 0.3 is 0 Å². The number of aromatic nitrogens is 1. The molecule has 1 aromatic carbocycles. The first-order chi connectivity index (χ1) is 8.33. The normalized spacial score (nSPS) is 10.7. The average molecular weight is 264 g/mol. The number of hydrogen-bond donors (Lipinski definition) is 1. The molecule has 17 heavy (non-hydrogen) atoms. The predicted molar refractivity (Wildman–Crippen MR) is 76.7 cm³/mol. The van der Waals surface area contributed by atoms with E-state index in [2.05, 4.69) is 41.5 Å². The first-order valence-electron chi connectivity index (χ1n) is 5.66. The number of thiazole rings is 1. The van der Waals surface area contributed by atoms with E-state index in [0.29, 0.717) is 0 Å². The van der Waals surface area contributed by atoms with Crippen LogP contribution in [0.25, 0.3) is 10.6 Å². The third-order valence-corrected chi connectivity index (χ3v) is 4.26. The Morgan fingerprint density at radius 3 is 2.71 bits per heavy atom. The maximum Gasteiger partial charge on any atom is 0.123 e. The van der Waals surface area contributed by atoms with Gasteiger partial charge in [0.1, 0.15) is 5.01 Å². The maximum atomic E-state index is 4.45. The molecule has 0 amide bonds. The minimum absolute atomic E-state index is 0.890. The second kappa shape index (κ2) is 6.19. The van der Waals surface area contributed by atoms with Crippen molar-refractivity contribution in [1.82, 2.24) is 10.3 Å². The van der Waals surface area contributed by atoms with E-state index in [1.807, 2.05) is 25.0 Å². The molecule has 0 saturated heterocycles. The summed E-state index contributed by atoms with van der Waals surface area (Å²) in [4.78, 5) is 7.05. The summed E-state index contributed by atoms with van der Waals surface area (Å²) in [5.41, 5.74) is 1.21. The number of thioether (sulfide) groups is 1. The molecule has 0 spiro atoms. The molecule has 0 aliphatic heterocycles. The number of benzene rings is 1. The van der Waals surface area contributed by atoms with E-state index >= 15 is 0 Å². The van der Waals surface area contributed by atoms with Crippen molar-refractivity contribution >= 4 is 23.1 Å². The molecular formula is C13H16N2S2. The Labute approximate surface area is 110 Å². The Morgan fingerprint density at radius 1 is 1.29 bits per heavy atom. The summed E-state index contributed by atoms with van der Waals surface area (Å²) in [6, 6.07) is 8.64. The van der Waals surface area contributed by atoms with E-state index < -0.39 is 0 Å². The molecule has 1 N–H and O–H groups in total. The first-order valence-corrected chi connectivity index (χ1v) is 7.46. The molecule has 90 valence electrons. The summed E-state index contributed by atoms with van der Waals surface area (Å²) in [6.45, 7) is 3.06. The molecule has 2 aromatic rings. The van der Waals surface area contributed by atoms with Gasteiger partial charge in [0.15, 0.2) is 0 Å². The Kier molecular flexibility index (Phi) is 4.59. The number of nitrogens with one attached hydrogen (secondary N) is 1. The van der Waals surface area contributed by atoms with Gasteiger partial charge in [-0.1, -0.05) is 19.1 Å². The second-order valence-corrected chi connectivity index (χ2v) is 6.07. The third kappa shape index (κ3) is 3.31. The SMILES string of the molecule is CCSc1ccc(-c2ncc(CNC)s2)cc1. The summed E-state index contributed by atoms with van der Waals surface area (Å²) in [5, 5.41) is 4.24. The first kappa shape index (κ1) is 12.6. The van der Waals surface area contributed by atoms with Crippen LogP contribution in [0.5, 0.6) is 0 Å². The van der Waals surface area contributed by atoms with Gasteiger partial charge in [0.05, 0.1) is 0 Å². The Bertz CT molecular complexity index is 463. The lowest BCUT2D eigenvalue weighted by molar-refractivity contribution is 0.829. The van der Waals surface area contributed by atoms with E-state index in [0.717, 1.165) is 17.3 Å². The van der Waals surface area contributed by atoms with E-state index in [1.54, 1.807) is 11.3 Å². The number of hydrogen-bond acceptors (Lipinski definition) is 4. The van der Waals surface area contributed by atoms with Crippen LogP contribution >= 0.6 is 23.1 Å². The quantitative estimate of drug-likeness (QED) is 0.835. The predicted octanol–water partition coefficient (Wildman–Crippen LogP) is 3.64. The molecule has 0 fully saturated rings. The van der Waals surface area contributed by atoms with E-state index in [-0.39, 0.29) is 0 Å². The fourth-order valence-corrected chi connectivity index (χ4v) is 3.15. The molecule has 0 aliphatic rings. The highest BCUT2D eigenvalue weighted by Crippen LogP contribution is 2.27. The van der Waals surface area contributed by atoms with Crippen LogP contribution in [0.1, 0.15) is 11.8 Å². The molecule has 1 heterocycles. The largest absolute Gasteiger partial charge is 0.315 e. The van der Waals surface area contributed by atoms with Gasteiger partial charge in [0.25, 0.3) is 0 Å². The fraction of sp³-hybridized carbons (Fsp3) is 0.308.